The molecule has 0 N–H and O–H groups in total. The number of hydrogen-bond donors (Lipinski definition) is 0. The molecule has 1 aromatic rings. The van der Waals surface area contributed by atoms with Gasteiger partial charge in [-0.15, -0.1) is 0 Å². The topological polar surface area (TPSA) is 25.4 Å². The molecular weight excluding hydrogens is 272 g/mol. The van der Waals surface area contributed by atoms with Crippen molar-refractivity contribution in [3.63, 3.8) is 0 Å². The molecule has 3 atom stereocenters. The van der Waals surface area contributed by atoms with Crippen LogP contribution in [0.1, 0.15) is 55.6 Å². The summed E-state index contributed by atoms with van der Waals surface area (Å²) in [7, 11) is 0. The molecule has 2 aliphatic heterocycles. The highest BCUT2D eigenvalue weighted by Gasteiger charge is 2.32. The first-order valence-electron chi connectivity index (χ1n) is 9.15. The molecule has 0 amide bonds. The number of ether oxygens (including phenoxy) is 1. The number of fused-ring (bicyclic) bond motifs is 1. The Labute approximate surface area is 134 Å². The minimum absolute atomic E-state index is 0.770. The van der Waals surface area contributed by atoms with E-state index >= 15 is 0 Å². The summed E-state index contributed by atoms with van der Waals surface area (Å²) in [4.78, 5) is 7.12. The summed E-state index contributed by atoms with van der Waals surface area (Å²) in [5.41, 5.74) is 3.10. The van der Waals surface area contributed by atoms with Crippen molar-refractivity contribution in [2.45, 2.75) is 56.9 Å². The Hall–Kier alpha value is -0.930. The van der Waals surface area contributed by atoms with Crippen molar-refractivity contribution in [3.05, 3.63) is 29.6 Å². The largest absolute Gasteiger partial charge is 0.381 e. The van der Waals surface area contributed by atoms with Crippen LogP contribution < -0.4 is 0 Å². The third-order valence-corrected chi connectivity index (χ3v) is 6.02. The molecule has 0 bridgehead atoms. The highest BCUT2D eigenvalue weighted by atomic mass is 16.5. The maximum absolute atomic E-state index is 5.62. The summed E-state index contributed by atoms with van der Waals surface area (Å²) >= 11 is 0. The van der Waals surface area contributed by atoms with Crippen LogP contribution in [0.4, 0.5) is 0 Å². The Kier molecular flexibility index (Phi) is 4.44. The first kappa shape index (κ1) is 14.6. The molecule has 0 radical (unpaired) electrons. The highest BCUT2D eigenvalue weighted by molar-refractivity contribution is 5.32. The zero-order chi connectivity index (χ0) is 14.8. The quantitative estimate of drug-likeness (QED) is 0.855. The number of aromatic nitrogens is 1. The highest BCUT2D eigenvalue weighted by Crippen LogP contribution is 2.39. The Morgan fingerprint density at radius 1 is 1.18 bits per heavy atom. The van der Waals surface area contributed by atoms with E-state index < -0.39 is 0 Å². The smallest absolute Gasteiger partial charge is 0.0480 e. The van der Waals surface area contributed by atoms with Crippen LogP contribution in [-0.2, 0) is 11.2 Å². The van der Waals surface area contributed by atoms with Gasteiger partial charge in [-0.1, -0.05) is 0 Å². The van der Waals surface area contributed by atoms with Crippen LogP contribution in [0.25, 0.3) is 0 Å². The van der Waals surface area contributed by atoms with Gasteiger partial charge in [-0.05, 0) is 80.5 Å². The van der Waals surface area contributed by atoms with Crippen molar-refractivity contribution >= 4 is 0 Å². The molecule has 0 aromatic carbocycles. The number of pyridine rings is 1. The number of aryl methyl sites for hydroxylation is 1. The molecule has 0 saturated carbocycles. The van der Waals surface area contributed by atoms with Crippen molar-refractivity contribution in [2.75, 3.05) is 26.3 Å². The van der Waals surface area contributed by atoms with Gasteiger partial charge >= 0.3 is 0 Å². The molecule has 22 heavy (non-hydrogen) atoms. The van der Waals surface area contributed by atoms with Crippen LogP contribution in [-0.4, -0.2) is 42.2 Å². The summed E-state index contributed by atoms with van der Waals surface area (Å²) < 4.78 is 5.62. The van der Waals surface area contributed by atoms with Crippen LogP contribution in [0.5, 0.6) is 0 Å². The predicted molar refractivity (Wildman–Crippen MR) is 88.1 cm³/mol. The molecule has 3 heterocycles. The van der Waals surface area contributed by atoms with Crippen LogP contribution in [0.3, 0.4) is 0 Å². The normalized spacial score (nSPS) is 32.8. The van der Waals surface area contributed by atoms with Crippen molar-refractivity contribution in [1.29, 1.82) is 0 Å². The predicted octanol–water partition coefficient (Wildman–Crippen LogP) is 3.39. The molecule has 2 fully saturated rings. The van der Waals surface area contributed by atoms with E-state index in [2.05, 4.69) is 22.1 Å². The van der Waals surface area contributed by atoms with Gasteiger partial charge in [0.2, 0.25) is 0 Å². The van der Waals surface area contributed by atoms with Gasteiger partial charge in [0.1, 0.15) is 0 Å². The van der Waals surface area contributed by atoms with Gasteiger partial charge in [0.25, 0.3) is 0 Å². The molecule has 4 rings (SSSR count). The molecule has 3 heteroatoms. The number of nitrogens with zero attached hydrogens (tertiary/aromatic N) is 2. The first-order chi connectivity index (χ1) is 10.9. The van der Waals surface area contributed by atoms with Crippen molar-refractivity contribution in [1.82, 2.24) is 9.88 Å². The molecular formula is C19H28N2O. The molecule has 0 spiro atoms. The maximum atomic E-state index is 5.62. The lowest BCUT2D eigenvalue weighted by Crippen LogP contribution is -2.33. The lowest BCUT2D eigenvalue weighted by Gasteiger charge is -2.26. The fraction of sp³-hybridized carbons (Fsp3) is 0.737. The van der Waals surface area contributed by atoms with Gasteiger partial charge in [0.15, 0.2) is 0 Å². The molecule has 1 aromatic heterocycles. The van der Waals surface area contributed by atoms with E-state index in [-0.39, 0.29) is 0 Å². The van der Waals surface area contributed by atoms with Crippen LogP contribution in [0.15, 0.2) is 18.5 Å². The summed E-state index contributed by atoms with van der Waals surface area (Å²) in [6.07, 6.45) is 13.3. The van der Waals surface area contributed by atoms with E-state index in [9.17, 15) is 0 Å². The van der Waals surface area contributed by atoms with E-state index in [0.717, 1.165) is 31.1 Å². The molecule has 3 nitrogen and oxygen atoms in total. The second-order valence-electron chi connectivity index (χ2n) is 7.39. The lowest BCUT2D eigenvalue weighted by atomic mass is 9.90. The van der Waals surface area contributed by atoms with E-state index in [1.54, 1.807) is 11.1 Å². The minimum atomic E-state index is 0.770. The van der Waals surface area contributed by atoms with E-state index in [1.807, 2.05) is 6.20 Å². The first-order valence-corrected chi connectivity index (χ1v) is 9.15. The number of rotatable bonds is 3. The minimum Gasteiger partial charge on any atom is -0.381 e. The number of hydrogen-bond acceptors (Lipinski definition) is 3. The molecule has 120 valence electrons. The van der Waals surface area contributed by atoms with Gasteiger partial charge in [0, 0.05) is 38.2 Å². The standard InChI is InChI=1S/C19H28N2O/c1-2-18(7-11-22-10-1)21-9-6-15(14-21)12-17-4-3-16-5-8-20-13-19(16)17/h5,8,13,15,17-18H,1-4,6-7,9-12,14H2/t15-,17?,18?/m0/s1. The van der Waals surface area contributed by atoms with Gasteiger partial charge in [0.05, 0.1) is 0 Å². The zero-order valence-electron chi connectivity index (χ0n) is 13.5. The SMILES string of the molecule is c1cc2c(cn1)C(C[C@@H]1CCN(C3CCCOCC3)C1)CC2. The summed E-state index contributed by atoms with van der Waals surface area (Å²) in [5.74, 6) is 1.66. The van der Waals surface area contributed by atoms with Crippen LogP contribution in [0, 0.1) is 5.92 Å². The Morgan fingerprint density at radius 3 is 3.18 bits per heavy atom. The summed E-state index contributed by atoms with van der Waals surface area (Å²) in [6.45, 7) is 4.56. The molecule has 3 aliphatic rings. The third-order valence-electron chi connectivity index (χ3n) is 6.02. The maximum Gasteiger partial charge on any atom is 0.0480 e. The number of likely N-dealkylation sites (tertiary alicyclic amines) is 1. The summed E-state index contributed by atoms with van der Waals surface area (Å²) in [6, 6.07) is 3.01. The third kappa shape index (κ3) is 3.07. The summed E-state index contributed by atoms with van der Waals surface area (Å²) in [5, 5.41) is 0. The van der Waals surface area contributed by atoms with Crippen molar-refractivity contribution in [3.8, 4) is 0 Å². The second kappa shape index (κ2) is 6.67. The lowest BCUT2D eigenvalue weighted by molar-refractivity contribution is 0.134. The fourth-order valence-electron chi connectivity index (χ4n) is 4.80. The van der Waals surface area contributed by atoms with E-state index in [1.165, 1.54) is 58.0 Å². The van der Waals surface area contributed by atoms with E-state index in [4.69, 9.17) is 4.74 Å². The van der Waals surface area contributed by atoms with Crippen LogP contribution >= 0.6 is 0 Å². The van der Waals surface area contributed by atoms with Crippen LogP contribution in [0.2, 0.25) is 0 Å². The van der Waals surface area contributed by atoms with Gasteiger partial charge < -0.3 is 9.64 Å². The monoisotopic (exact) mass is 300 g/mol. The molecule has 2 saturated heterocycles. The zero-order valence-corrected chi connectivity index (χ0v) is 13.5. The van der Waals surface area contributed by atoms with Gasteiger partial charge in [-0.3, -0.25) is 4.98 Å². The van der Waals surface area contributed by atoms with Gasteiger partial charge in [-0.25, -0.2) is 0 Å². The Morgan fingerprint density at radius 2 is 2.18 bits per heavy atom. The Bertz CT molecular complexity index is 496. The van der Waals surface area contributed by atoms with Crippen molar-refractivity contribution in [2.24, 2.45) is 5.92 Å². The molecule has 2 unspecified atom stereocenters. The van der Waals surface area contributed by atoms with E-state index in [0.29, 0.717) is 0 Å². The average molecular weight is 300 g/mol. The van der Waals surface area contributed by atoms with Gasteiger partial charge in [-0.2, -0.15) is 0 Å². The Balaban J connectivity index is 1.34. The van der Waals surface area contributed by atoms with Crippen molar-refractivity contribution < 1.29 is 4.74 Å². The average Bonchev–Trinajstić information content (AvgIpc) is 3.08. The molecule has 1 aliphatic carbocycles. The fourth-order valence-corrected chi connectivity index (χ4v) is 4.80. The second-order valence-corrected chi connectivity index (χ2v) is 7.39.